The van der Waals surface area contributed by atoms with Gasteiger partial charge in [-0.05, 0) is 37.2 Å². The molecule has 1 rings (SSSR count). The molecule has 0 fully saturated rings. The van der Waals surface area contributed by atoms with Crippen molar-refractivity contribution in [3.63, 3.8) is 0 Å². The molecule has 1 amide bonds. The van der Waals surface area contributed by atoms with E-state index in [0.29, 0.717) is 5.56 Å². The number of nitrogens with one attached hydrogen (secondary N) is 1. The molecule has 0 unspecified atom stereocenters. The zero-order valence-corrected chi connectivity index (χ0v) is 11.3. The van der Waals surface area contributed by atoms with E-state index in [1.807, 2.05) is 12.1 Å². The molecule has 1 N–H and O–H groups in total. The first-order valence-corrected chi connectivity index (χ1v) is 6.33. The quantitative estimate of drug-likeness (QED) is 0.598. The van der Waals surface area contributed by atoms with Crippen LogP contribution < -0.4 is 5.43 Å². The highest BCUT2D eigenvalue weighted by Crippen LogP contribution is 2.06. The molecule has 6 nitrogen and oxygen atoms in total. The van der Waals surface area contributed by atoms with Crippen molar-refractivity contribution >= 4 is 5.91 Å². The summed E-state index contributed by atoms with van der Waals surface area (Å²) in [7, 11) is 0. The lowest BCUT2D eigenvalue weighted by molar-refractivity contribution is -0.527. The first-order chi connectivity index (χ1) is 9.06. The topological polar surface area (TPSA) is 75.5 Å². The second-order valence-electron chi connectivity index (χ2n) is 4.17. The standard InChI is InChI=1S/C13H19N3O3/c1-3-15(4-2)10-9-11-5-7-12(8-6-11)13(17)14-16(18)19/h5-8H,3-4,9-10H2,1-2H3,(H,14,17). The SMILES string of the molecule is CCN(CC)CCc1ccc(C(=O)N[N+](=O)[O-])cc1. The first kappa shape index (κ1) is 15.1. The van der Waals surface area contributed by atoms with Crippen molar-refractivity contribution in [3.8, 4) is 0 Å². The number of carbonyl (C=O) groups is 1. The molecule has 0 saturated heterocycles. The highest BCUT2D eigenvalue weighted by atomic mass is 16.7. The number of benzene rings is 1. The number of hydrogen-bond donors (Lipinski definition) is 1. The van der Waals surface area contributed by atoms with E-state index in [0.717, 1.165) is 31.6 Å². The van der Waals surface area contributed by atoms with Gasteiger partial charge in [-0.1, -0.05) is 31.4 Å². The highest BCUT2D eigenvalue weighted by Gasteiger charge is 2.10. The molecule has 0 aliphatic rings. The number of hydrogen-bond acceptors (Lipinski definition) is 4. The molecular formula is C13H19N3O3. The zero-order valence-electron chi connectivity index (χ0n) is 11.3. The maximum Gasteiger partial charge on any atom is 0.310 e. The lowest BCUT2D eigenvalue weighted by Crippen LogP contribution is -2.29. The smallest absolute Gasteiger partial charge is 0.304 e. The minimum Gasteiger partial charge on any atom is -0.304 e. The van der Waals surface area contributed by atoms with Crippen LogP contribution in [0.15, 0.2) is 24.3 Å². The van der Waals surface area contributed by atoms with Crippen molar-refractivity contribution in [1.29, 1.82) is 0 Å². The average Bonchev–Trinajstić information content (AvgIpc) is 2.39. The molecule has 0 bridgehead atoms. The molecule has 0 aromatic heterocycles. The second-order valence-corrected chi connectivity index (χ2v) is 4.17. The van der Waals surface area contributed by atoms with Crippen LogP contribution in [0.25, 0.3) is 0 Å². The summed E-state index contributed by atoms with van der Waals surface area (Å²) in [5, 5.41) is 9.31. The molecule has 0 saturated carbocycles. The lowest BCUT2D eigenvalue weighted by Gasteiger charge is -2.17. The van der Waals surface area contributed by atoms with E-state index in [1.165, 1.54) is 0 Å². The summed E-state index contributed by atoms with van der Waals surface area (Å²) < 4.78 is 0. The largest absolute Gasteiger partial charge is 0.310 e. The monoisotopic (exact) mass is 265 g/mol. The fourth-order valence-corrected chi connectivity index (χ4v) is 1.80. The molecule has 0 aliphatic heterocycles. The first-order valence-electron chi connectivity index (χ1n) is 6.33. The zero-order chi connectivity index (χ0) is 14.3. The molecule has 0 spiro atoms. The van der Waals surface area contributed by atoms with Gasteiger partial charge in [0.1, 0.15) is 0 Å². The van der Waals surface area contributed by atoms with E-state index < -0.39 is 10.9 Å². The van der Waals surface area contributed by atoms with Gasteiger partial charge in [-0.15, -0.1) is 0 Å². The van der Waals surface area contributed by atoms with Crippen molar-refractivity contribution in [2.24, 2.45) is 0 Å². The summed E-state index contributed by atoms with van der Waals surface area (Å²) in [5.41, 5.74) is 3.03. The Hall–Kier alpha value is -1.95. The van der Waals surface area contributed by atoms with Crippen LogP contribution in [-0.2, 0) is 6.42 Å². The maximum atomic E-state index is 11.4. The Kier molecular flexibility index (Phi) is 5.95. The summed E-state index contributed by atoms with van der Waals surface area (Å²) in [5.74, 6) is -0.694. The fourth-order valence-electron chi connectivity index (χ4n) is 1.80. The Morgan fingerprint density at radius 3 is 2.32 bits per heavy atom. The Bertz CT molecular complexity index is 427. The van der Waals surface area contributed by atoms with Crippen LogP contribution in [0.3, 0.4) is 0 Å². The van der Waals surface area contributed by atoms with Gasteiger partial charge >= 0.3 is 5.91 Å². The number of carbonyl (C=O) groups excluding carboxylic acids is 1. The lowest BCUT2D eigenvalue weighted by atomic mass is 10.1. The van der Waals surface area contributed by atoms with E-state index >= 15 is 0 Å². The van der Waals surface area contributed by atoms with Crippen molar-refractivity contribution in [3.05, 3.63) is 45.5 Å². The van der Waals surface area contributed by atoms with Crippen LogP contribution >= 0.6 is 0 Å². The summed E-state index contributed by atoms with van der Waals surface area (Å²) in [6.45, 7) is 7.23. The van der Waals surface area contributed by atoms with Gasteiger partial charge in [0, 0.05) is 12.1 Å². The van der Waals surface area contributed by atoms with Gasteiger partial charge in [-0.3, -0.25) is 4.79 Å². The van der Waals surface area contributed by atoms with E-state index in [-0.39, 0.29) is 0 Å². The van der Waals surface area contributed by atoms with E-state index in [1.54, 1.807) is 17.6 Å². The van der Waals surface area contributed by atoms with Gasteiger partial charge in [-0.2, -0.15) is 0 Å². The molecule has 0 aliphatic carbocycles. The Morgan fingerprint density at radius 2 is 1.84 bits per heavy atom. The predicted octanol–water partition coefficient (Wildman–Crippen LogP) is 1.49. The van der Waals surface area contributed by atoms with Gasteiger partial charge in [0.15, 0.2) is 5.03 Å². The third kappa shape index (κ3) is 5.05. The van der Waals surface area contributed by atoms with Crippen molar-refractivity contribution in [1.82, 2.24) is 10.3 Å². The van der Waals surface area contributed by atoms with Crippen LogP contribution in [0.4, 0.5) is 0 Å². The molecule has 19 heavy (non-hydrogen) atoms. The number of amides is 1. The minimum absolute atomic E-state index is 0.295. The molecule has 0 heterocycles. The number of rotatable bonds is 7. The van der Waals surface area contributed by atoms with Gasteiger partial charge in [-0.25, -0.2) is 10.1 Å². The second kappa shape index (κ2) is 7.48. The molecule has 0 atom stereocenters. The van der Waals surface area contributed by atoms with E-state index in [9.17, 15) is 14.9 Å². The summed E-state index contributed by atoms with van der Waals surface area (Å²) in [4.78, 5) is 23.8. The van der Waals surface area contributed by atoms with Crippen LogP contribution in [0.2, 0.25) is 0 Å². The van der Waals surface area contributed by atoms with Crippen LogP contribution in [0.5, 0.6) is 0 Å². The maximum absolute atomic E-state index is 11.4. The Labute approximate surface area is 112 Å². The van der Waals surface area contributed by atoms with Gasteiger partial charge in [0.2, 0.25) is 0 Å². The van der Waals surface area contributed by atoms with Crippen molar-refractivity contribution in [2.75, 3.05) is 19.6 Å². The predicted molar refractivity (Wildman–Crippen MR) is 72.4 cm³/mol. The molecule has 0 radical (unpaired) electrons. The summed E-state index contributed by atoms with van der Waals surface area (Å²) >= 11 is 0. The normalized spacial score (nSPS) is 10.5. The molecule has 104 valence electrons. The summed E-state index contributed by atoms with van der Waals surface area (Å²) in [6, 6.07) is 6.88. The number of likely N-dealkylation sites (N-methyl/N-ethyl adjacent to an activating group) is 1. The van der Waals surface area contributed by atoms with Crippen LogP contribution in [-0.4, -0.2) is 35.5 Å². The minimum atomic E-state index is -0.851. The number of nitrogens with zero attached hydrogens (tertiary/aromatic N) is 2. The molecule has 6 heteroatoms. The van der Waals surface area contributed by atoms with Crippen molar-refractivity contribution in [2.45, 2.75) is 20.3 Å². The molecule has 1 aromatic carbocycles. The number of hydrazine groups is 1. The van der Waals surface area contributed by atoms with Crippen molar-refractivity contribution < 1.29 is 9.83 Å². The molecular weight excluding hydrogens is 246 g/mol. The van der Waals surface area contributed by atoms with Crippen LogP contribution in [0.1, 0.15) is 29.8 Å². The average molecular weight is 265 g/mol. The molecule has 1 aromatic rings. The fraction of sp³-hybridized carbons (Fsp3) is 0.462. The van der Waals surface area contributed by atoms with Gasteiger partial charge in [0.25, 0.3) is 0 Å². The summed E-state index contributed by atoms with van der Waals surface area (Å²) in [6.07, 6.45) is 0.902. The number of nitro groups is 1. The van der Waals surface area contributed by atoms with E-state index in [2.05, 4.69) is 18.7 Å². The van der Waals surface area contributed by atoms with Gasteiger partial charge < -0.3 is 4.90 Å². The Morgan fingerprint density at radius 1 is 1.26 bits per heavy atom. The highest BCUT2D eigenvalue weighted by molar-refractivity contribution is 5.93. The van der Waals surface area contributed by atoms with Crippen LogP contribution in [0, 0.1) is 10.1 Å². The van der Waals surface area contributed by atoms with Gasteiger partial charge in [0.05, 0.1) is 0 Å². The third-order valence-electron chi connectivity index (χ3n) is 3.02. The third-order valence-corrected chi connectivity index (χ3v) is 3.02. The van der Waals surface area contributed by atoms with E-state index in [4.69, 9.17) is 0 Å². The Balaban J connectivity index is 2.56.